The van der Waals surface area contributed by atoms with Crippen LogP contribution in [0, 0.1) is 5.92 Å². The SMILES string of the molecule is COC[C@H]1NC(=O)[C@@H](C)N(Cc2ccc(Cl)cc2Oc2ccc(-c3cnc(CN(C)C)n3C)cc2)C(=O)C[C@@H](Cc2ccccc2)C(=O)N(C)[C@@H](C(=O)OC)CNC(=O)C[C@@H](Cc2ccc(Cl)cc2)N(C)C1=O. The number of imidazole rings is 1. The van der Waals surface area contributed by atoms with Crippen molar-refractivity contribution in [2.45, 2.75) is 69.9 Å². The minimum Gasteiger partial charge on any atom is -0.467 e. The second-order valence-electron chi connectivity index (χ2n) is 18.5. The van der Waals surface area contributed by atoms with Crippen LogP contribution in [0.1, 0.15) is 42.3 Å². The number of carbonyl (C=O) groups excluding carboxylic acids is 6. The molecule has 0 aliphatic carbocycles. The summed E-state index contributed by atoms with van der Waals surface area (Å²) >= 11 is 12.8. The monoisotopic (exact) mass is 1040 g/mol. The number of hydrogen-bond donors (Lipinski definition) is 2. The molecule has 0 bridgehead atoms. The van der Waals surface area contributed by atoms with E-state index in [0.29, 0.717) is 33.7 Å². The number of halogens is 2. The van der Waals surface area contributed by atoms with E-state index >= 15 is 4.79 Å². The van der Waals surface area contributed by atoms with E-state index in [1.54, 1.807) is 42.5 Å². The van der Waals surface area contributed by atoms with Gasteiger partial charge in [0, 0.05) is 74.9 Å². The minimum absolute atomic E-state index is 0.0780. The lowest BCUT2D eigenvalue weighted by atomic mass is 9.93. The van der Waals surface area contributed by atoms with Gasteiger partial charge >= 0.3 is 5.97 Å². The first-order chi connectivity index (χ1) is 34.9. The van der Waals surface area contributed by atoms with Crippen molar-refractivity contribution >= 4 is 58.7 Å². The van der Waals surface area contributed by atoms with E-state index in [9.17, 15) is 24.0 Å². The van der Waals surface area contributed by atoms with E-state index in [2.05, 4.69) is 15.6 Å². The summed E-state index contributed by atoms with van der Waals surface area (Å²) in [6, 6.07) is 23.8. The Morgan fingerprint density at radius 3 is 2.14 bits per heavy atom. The van der Waals surface area contributed by atoms with E-state index in [1.807, 2.05) is 91.4 Å². The van der Waals surface area contributed by atoms with Crippen molar-refractivity contribution in [3.05, 3.63) is 136 Å². The van der Waals surface area contributed by atoms with Gasteiger partial charge in [-0.1, -0.05) is 71.7 Å². The third-order valence-electron chi connectivity index (χ3n) is 13.0. The third-order valence-corrected chi connectivity index (χ3v) is 13.5. The fourth-order valence-electron chi connectivity index (χ4n) is 8.71. The van der Waals surface area contributed by atoms with Gasteiger partial charge in [0.05, 0.1) is 44.6 Å². The zero-order valence-electron chi connectivity index (χ0n) is 42.5. The molecule has 2 heterocycles. The average Bonchev–Trinajstić information content (AvgIpc) is 3.73. The molecule has 0 saturated carbocycles. The normalized spacial score (nSPS) is 19.8. The minimum atomic E-state index is -1.30. The quantitative estimate of drug-likeness (QED) is 0.126. The van der Waals surface area contributed by atoms with Crippen LogP contribution in [0.25, 0.3) is 11.3 Å². The molecular weight excluding hydrogens is 976 g/mol. The smallest absolute Gasteiger partial charge is 0.330 e. The molecule has 1 aliphatic heterocycles. The molecule has 1 fully saturated rings. The van der Waals surface area contributed by atoms with Crippen LogP contribution in [0.15, 0.2) is 103 Å². The van der Waals surface area contributed by atoms with Crippen molar-refractivity contribution in [3.8, 4) is 22.8 Å². The highest BCUT2D eigenvalue weighted by atomic mass is 35.5. The van der Waals surface area contributed by atoms with Crippen LogP contribution < -0.4 is 15.4 Å². The molecule has 0 radical (unpaired) electrons. The molecule has 0 unspecified atom stereocenters. The van der Waals surface area contributed by atoms with Gasteiger partial charge < -0.3 is 49.0 Å². The molecule has 0 spiro atoms. The summed E-state index contributed by atoms with van der Waals surface area (Å²) in [6.45, 7) is 1.42. The Labute approximate surface area is 436 Å². The largest absolute Gasteiger partial charge is 0.467 e. The Kier molecular flexibility index (Phi) is 19.6. The molecule has 4 aromatic carbocycles. The van der Waals surface area contributed by atoms with Gasteiger partial charge in [0.25, 0.3) is 0 Å². The molecule has 5 aromatic rings. The Bertz CT molecular complexity index is 2720. The summed E-state index contributed by atoms with van der Waals surface area (Å²) in [5.74, 6) is -3.17. The Morgan fingerprint density at radius 2 is 1.48 bits per heavy atom. The predicted molar refractivity (Wildman–Crippen MR) is 278 cm³/mol. The van der Waals surface area contributed by atoms with Crippen molar-refractivity contribution in [3.63, 3.8) is 0 Å². The van der Waals surface area contributed by atoms with Crippen molar-refractivity contribution in [1.29, 1.82) is 0 Å². The van der Waals surface area contributed by atoms with Gasteiger partial charge in [-0.15, -0.1) is 0 Å². The standard InChI is InChI=1S/C54H64Cl2N8O9/c1-34-51(67)59-44(33-71-7)53(69)61(4)42(25-36-14-19-40(55)20-15-36)28-49(65)58-30-46(54(70)72-8)63(6)52(68)39(24-35-12-10-9-11-13-35)26-50(66)64(34)31-38-16-21-41(56)27-47(38)73-43-22-17-37(18-23-43)45-29-57-48(62(45)5)32-60(2)3/h9-23,27,29,34,39,42,44,46H,24-26,28,30-33H2,1-8H3,(H,58,65)(H,59,67)/t34-,39-,42-,44-,46-/m1/s1. The third kappa shape index (κ3) is 14.7. The van der Waals surface area contributed by atoms with Crippen LogP contribution in [0.3, 0.4) is 0 Å². The molecule has 1 aliphatic rings. The van der Waals surface area contributed by atoms with Crippen LogP contribution in [0.4, 0.5) is 0 Å². The van der Waals surface area contributed by atoms with E-state index in [-0.39, 0.29) is 39.0 Å². The fraction of sp³-hybridized carbons (Fsp3) is 0.389. The van der Waals surface area contributed by atoms with Crippen molar-refractivity contribution in [2.24, 2.45) is 13.0 Å². The molecule has 5 amide bonds. The maximum absolute atomic E-state index is 15.1. The number of nitrogens with zero attached hydrogens (tertiary/aromatic N) is 6. The maximum Gasteiger partial charge on any atom is 0.330 e. The number of carbonyl (C=O) groups is 6. The number of aromatic nitrogens is 2. The topological polar surface area (TPSA) is 185 Å². The Morgan fingerprint density at radius 1 is 0.808 bits per heavy atom. The molecular formula is C54H64Cl2N8O9. The zero-order valence-corrected chi connectivity index (χ0v) is 44.0. The van der Waals surface area contributed by atoms with Gasteiger partial charge in [-0.25, -0.2) is 9.78 Å². The van der Waals surface area contributed by atoms with Crippen molar-refractivity contribution in [1.82, 2.24) is 39.8 Å². The van der Waals surface area contributed by atoms with E-state index in [4.69, 9.17) is 37.4 Å². The van der Waals surface area contributed by atoms with E-state index < -0.39 is 72.0 Å². The Balaban J connectivity index is 1.40. The van der Waals surface area contributed by atoms with Gasteiger partial charge in [0.1, 0.15) is 35.4 Å². The molecule has 6 rings (SSSR count). The number of methoxy groups -OCH3 is 2. The summed E-state index contributed by atoms with van der Waals surface area (Å²) in [5, 5.41) is 6.45. The lowest BCUT2D eigenvalue weighted by molar-refractivity contribution is -0.154. The summed E-state index contributed by atoms with van der Waals surface area (Å²) in [7, 11) is 11.4. The van der Waals surface area contributed by atoms with Crippen LogP contribution >= 0.6 is 23.2 Å². The highest BCUT2D eigenvalue weighted by Gasteiger charge is 2.38. The summed E-state index contributed by atoms with van der Waals surface area (Å²) in [6.07, 6.45) is 1.46. The highest BCUT2D eigenvalue weighted by Crippen LogP contribution is 2.33. The van der Waals surface area contributed by atoms with Gasteiger partial charge in [-0.05, 0) is 93.5 Å². The summed E-state index contributed by atoms with van der Waals surface area (Å²) < 4.78 is 19.1. The number of hydrogen-bond acceptors (Lipinski definition) is 11. The number of esters is 1. The molecule has 73 heavy (non-hydrogen) atoms. The van der Waals surface area contributed by atoms with Crippen LogP contribution in [-0.4, -0.2) is 144 Å². The average molecular weight is 1040 g/mol. The van der Waals surface area contributed by atoms with Gasteiger partial charge in [0.2, 0.25) is 29.5 Å². The molecule has 388 valence electrons. The van der Waals surface area contributed by atoms with E-state index in [1.165, 1.54) is 49.9 Å². The first kappa shape index (κ1) is 55.5. The molecule has 17 nitrogen and oxygen atoms in total. The number of rotatable bonds is 14. The predicted octanol–water partition coefficient (Wildman–Crippen LogP) is 5.93. The number of nitrogens with one attached hydrogen (secondary N) is 2. The molecule has 1 aromatic heterocycles. The molecule has 1 saturated heterocycles. The highest BCUT2D eigenvalue weighted by molar-refractivity contribution is 6.31. The summed E-state index contributed by atoms with van der Waals surface area (Å²) in [4.78, 5) is 96.9. The second kappa shape index (κ2) is 25.7. The first-order valence-electron chi connectivity index (χ1n) is 23.8. The summed E-state index contributed by atoms with van der Waals surface area (Å²) in [5.41, 5.74) is 3.80. The number of amides is 5. The first-order valence-corrected chi connectivity index (χ1v) is 24.6. The van der Waals surface area contributed by atoms with Crippen LogP contribution in [0.2, 0.25) is 10.0 Å². The molecule has 2 N–H and O–H groups in total. The van der Waals surface area contributed by atoms with Crippen LogP contribution in [-0.2, 0) is 71.2 Å². The fourth-order valence-corrected chi connectivity index (χ4v) is 9.00. The van der Waals surface area contributed by atoms with Crippen molar-refractivity contribution < 1.29 is 43.0 Å². The lowest BCUT2D eigenvalue weighted by Crippen LogP contribution is -2.58. The molecule has 19 heteroatoms. The zero-order chi connectivity index (χ0) is 52.9. The number of benzene rings is 4. The second-order valence-corrected chi connectivity index (χ2v) is 19.3. The number of ether oxygens (including phenoxy) is 3. The van der Waals surface area contributed by atoms with Gasteiger partial charge in [-0.2, -0.15) is 0 Å². The van der Waals surface area contributed by atoms with E-state index in [0.717, 1.165) is 28.2 Å². The Hall–Kier alpha value is -6.79. The van der Waals surface area contributed by atoms with Crippen LogP contribution in [0.5, 0.6) is 11.5 Å². The molecule has 5 atom stereocenters. The maximum atomic E-state index is 15.1. The van der Waals surface area contributed by atoms with Crippen molar-refractivity contribution in [2.75, 3.05) is 55.6 Å². The lowest BCUT2D eigenvalue weighted by Gasteiger charge is -2.35. The van der Waals surface area contributed by atoms with Gasteiger partial charge in [-0.3, -0.25) is 24.0 Å². The van der Waals surface area contributed by atoms with Gasteiger partial charge in [0.15, 0.2) is 0 Å². The number of likely N-dealkylation sites (N-methyl/N-ethyl adjacent to an activating group) is 2.